The Morgan fingerprint density at radius 3 is 2.53 bits per heavy atom. The minimum absolute atomic E-state index is 0.0824. The van der Waals surface area contributed by atoms with Gasteiger partial charge in [-0.2, -0.15) is 24.9 Å². The van der Waals surface area contributed by atoms with Crippen molar-refractivity contribution in [1.29, 1.82) is 0 Å². The summed E-state index contributed by atoms with van der Waals surface area (Å²) in [6.07, 6.45) is -2.42. The summed E-state index contributed by atoms with van der Waals surface area (Å²) in [5.74, 6) is -0.638. The molecule has 3 nitrogen and oxygen atoms in total. The van der Waals surface area contributed by atoms with Crippen molar-refractivity contribution in [3.63, 3.8) is 0 Å². The lowest BCUT2D eigenvalue weighted by Crippen LogP contribution is -2.40. The summed E-state index contributed by atoms with van der Waals surface area (Å²) in [7, 11) is 0. The van der Waals surface area contributed by atoms with Crippen molar-refractivity contribution < 1.29 is 18.0 Å². The van der Waals surface area contributed by atoms with Crippen LogP contribution in [0.5, 0.6) is 0 Å². The van der Waals surface area contributed by atoms with Crippen LogP contribution in [0.1, 0.15) is 6.92 Å². The zero-order chi connectivity index (χ0) is 11.9. The second kappa shape index (κ2) is 6.95. The number of carbonyl (C=O) groups excluding carboxylic acids is 1. The minimum atomic E-state index is -4.35. The molecule has 2 N–H and O–H groups in total. The molecule has 0 aromatic heterocycles. The van der Waals surface area contributed by atoms with Crippen molar-refractivity contribution in [2.75, 3.05) is 25.9 Å². The molecule has 1 amide bonds. The number of hydrogen-bond acceptors (Lipinski definition) is 3. The summed E-state index contributed by atoms with van der Waals surface area (Å²) < 4.78 is 35.0. The molecule has 0 aliphatic rings. The molecule has 0 aromatic carbocycles. The Labute approximate surface area is 91.2 Å². The fourth-order valence-electron chi connectivity index (χ4n) is 0.734. The highest BCUT2D eigenvalue weighted by Gasteiger charge is 2.27. The monoisotopic (exact) mass is 244 g/mol. The van der Waals surface area contributed by atoms with Crippen LogP contribution in [0.25, 0.3) is 0 Å². The molecule has 15 heavy (non-hydrogen) atoms. The lowest BCUT2D eigenvalue weighted by Gasteiger charge is -2.11. The first-order chi connectivity index (χ1) is 6.85. The molecule has 7 heteroatoms. The Hall–Kier alpha value is -0.430. The van der Waals surface area contributed by atoms with Crippen LogP contribution in [0.15, 0.2) is 0 Å². The van der Waals surface area contributed by atoms with Gasteiger partial charge in [-0.1, -0.05) is 6.92 Å². The fourth-order valence-corrected chi connectivity index (χ4v) is 1.02. The van der Waals surface area contributed by atoms with Gasteiger partial charge in [0.15, 0.2) is 0 Å². The van der Waals surface area contributed by atoms with E-state index in [9.17, 15) is 18.0 Å². The first kappa shape index (κ1) is 14.6. The van der Waals surface area contributed by atoms with Crippen molar-refractivity contribution in [3.8, 4) is 0 Å². The van der Waals surface area contributed by atoms with Gasteiger partial charge in [0.25, 0.3) is 0 Å². The van der Waals surface area contributed by atoms with Crippen molar-refractivity contribution in [1.82, 2.24) is 10.6 Å². The Morgan fingerprint density at radius 1 is 1.47 bits per heavy atom. The average molecular weight is 244 g/mol. The smallest absolute Gasteiger partial charge is 0.346 e. The van der Waals surface area contributed by atoms with Crippen LogP contribution in [-0.2, 0) is 4.79 Å². The SMILES string of the molecule is CSC(C)CNCC(=O)NCC(F)(F)F. The predicted octanol–water partition coefficient (Wildman–Crippen LogP) is 1.01. The maximum atomic E-state index is 11.7. The van der Waals surface area contributed by atoms with Gasteiger partial charge in [-0.15, -0.1) is 0 Å². The zero-order valence-corrected chi connectivity index (χ0v) is 9.47. The summed E-state index contributed by atoms with van der Waals surface area (Å²) in [5, 5.41) is 4.89. The van der Waals surface area contributed by atoms with Gasteiger partial charge in [0, 0.05) is 11.8 Å². The summed E-state index contributed by atoms with van der Waals surface area (Å²) in [4.78, 5) is 10.9. The Morgan fingerprint density at radius 2 is 2.07 bits per heavy atom. The number of alkyl halides is 3. The van der Waals surface area contributed by atoms with Crippen LogP contribution in [0, 0.1) is 0 Å². The van der Waals surface area contributed by atoms with Gasteiger partial charge in [-0.3, -0.25) is 4.79 Å². The van der Waals surface area contributed by atoms with Gasteiger partial charge in [0.1, 0.15) is 6.54 Å². The van der Waals surface area contributed by atoms with Crippen molar-refractivity contribution in [2.24, 2.45) is 0 Å². The molecule has 1 unspecified atom stereocenters. The standard InChI is InChI=1S/C8H15F3N2OS/c1-6(15-2)3-12-4-7(14)13-5-8(9,10)11/h6,12H,3-5H2,1-2H3,(H,13,14). The van der Waals surface area contributed by atoms with E-state index in [2.05, 4.69) is 5.32 Å². The van der Waals surface area contributed by atoms with E-state index < -0.39 is 18.6 Å². The Kier molecular flexibility index (Phi) is 6.75. The largest absolute Gasteiger partial charge is 0.405 e. The number of halogens is 3. The van der Waals surface area contributed by atoms with E-state index >= 15 is 0 Å². The third kappa shape index (κ3) is 9.86. The molecule has 0 aliphatic heterocycles. The van der Waals surface area contributed by atoms with Crippen LogP contribution in [0.3, 0.4) is 0 Å². The highest BCUT2D eigenvalue weighted by molar-refractivity contribution is 7.99. The quantitative estimate of drug-likeness (QED) is 0.732. The molecule has 0 spiro atoms. The Balaban J connectivity index is 3.50. The fraction of sp³-hybridized carbons (Fsp3) is 0.875. The summed E-state index contributed by atoms with van der Waals surface area (Å²) >= 11 is 1.62. The molecule has 0 fully saturated rings. The Bertz CT molecular complexity index is 199. The van der Waals surface area contributed by atoms with E-state index in [0.717, 1.165) is 0 Å². The number of carbonyl (C=O) groups is 1. The molecule has 0 bridgehead atoms. The maximum Gasteiger partial charge on any atom is 0.405 e. The van der Waals surface area contributed by atoms with Crippen LogP contribution in [0.2, 0.25) is 0 Å². The van der Waals surface area contributed by atoms with Crippen LogP contribution < -0.4 is 10.6 Å². The number of rotatable bonds is 6. The molecule has 0 saturated heterocycles. The highest BCUT2D eigenvalue weighted by atomic mass is 32.2. The first-order valence-corrected chi connectivity index (χ1v) is 5.71. The summed E-state index contributed by atoms with van der Waals surface area (Å²) in [5.41, 5.74) is 0. The zero-order valence-electron chi connectivity index (χ0n) is 8.65. The molecule has 0 saturated carbocycles. The lowest BCUT2D eigenvalue weighted by molar-refractivity contribution is -0.137. The highest BCUT2D eigenvalue weighted by Crippen LogP contribution is 2.11. The van der Waals surface area contributed by atoms with E-state index in [1.165, 1.54) is 0 Å². The van der Waals surface area contributed by atoms with Crippen molar-refractivity contribution in [3.05, 3.63) is 0 Å². The van der Waals surface area contributed by atoms with Gasteiger partial charge >= 0.3 is 6.18 Å². The van der Waals surface area contributed by atoms with Gasteiger partial charge in [-0.05, 0) is 6.26 Å². The molecular formula is C8H15F3N2OS. The van der Waals surface area contributed by atoms with E-state index in [-0.39, 0.29) is 6.54 Å². The third-order valence-corrected chi connectivity index (χ3v) is 2.58. The molecule has 0 aromatic rings. The lowest BCUT2D eigenvalue weighted by atomic mass is 10.4. The summed E-state index contributed by atoms with van der Waals surface area (Å²) in [6, 6.07) is 0. The first-order valence-electron chi connectivity index (χ1n) is 4.42. The van der Waals surface area contributed by atoms with Crippen LogP contribution >= 0.6 is 11.8 Å². The number of hydrogen-bond donors (Lipinski definition) is 2. The van der Waals surface area contributed by atoms with E-state index in [0.29, 0.717) is 11.8 Å². The molecule has 90 valence electrons. The van der Waals surface area contributed by atoms with Crippen molar-refractivity contribution >= 4 is 17.7 Å². The second-order valence-corrected chi connectivity index (χ2v) is 4.35. The van der Waals surface area contributed by atoms with Gasteiger partial charge in [-0.25, -0.2) is 0 Å². The molecule has 1 atom stereocenters. The van der Waals surface area contributed by atoms with E-state index in [1.54, 1.807) is 17.1 Å². The predicted molar refractivity (Wildman–Crippen MR) is 54.9 cm³/mol. The molecule has 0 heterocycles. The molecule has 0 aliphatic carbocycles. The second-order valence-electron chi connectivity index (χ2n) is 3.07. The van der Waals surface area contributed by atoms with E-state index in [4.69, 9.17) is 0 Å². The number of amides is 1. The van der Waals surface area contributed by atoms with Crippen LogP contribution in [0.4, 0.5) is 13.2 Å². The van der Waals surface area contributed by atoms with E-state index in [1.807, 2.05) is 13.2 Å². The molecular weight excluding hydrogens is 229 g/mol. The normalized spacial score (nSPS) is 13.7. The molecule has 0 radical (unpaired) electrons. The van der Waals surface area contributed by atoms with Crippen molar-refractivity contribution in [2.45, 2.75) is 18.3 Å². The third-order valence-electron chi connectivity index (χ3n) is 1.61. The van der Waals surface area contributed by atoms with Crippen LogP contribution in [-0.4, -0.2) is 43.2 Å². The van der Waals surface area contributed by atoms with Gasteiger partial charge < -0.3 is 10.6 Å². The minimum Gasteiger partial charge on any atom is -0.346 e. The summed E-state index contributed by atoms with van der Waals surface area (Å²) in [6.45, 7) is 1.21. The number of thioether (sulfide) groups is 1. The molecule has 0 rings (SSSR count). The average Bonchev–Trinajstić information content (AvgIpc) is 2.13. The topological polar surface area (TPSA) is 41.1 Å². The van der Waals surface area contributed by atoms with Gasteiger partial charge in [0.05, 0.1) is 6.54 Å². The maximum absolute atomic E-state index is 11.7. The van der Waals surface area contributed by atoms with Gasteiger partial charge in [0.2, 0.25) is 5.91 Å². The number of nitrogens with one attached hydrogen (secondary N) is 2.